The summed E-state index contributed by atoms with van der Waals surface area (Å²) >= 11 is 0. The van der Waals surface area contributed by atoms with Crippen molar-refractivity contribution in [1.82, 2.24) is 9.80 Å². The average Bonchev–Trinajstić information content (AvgIpc) is 3.45. The predicted octanol–water partition coefficient (Wildman–Crippen LogP) is 8.68. The van der Waals surface area contributed by atoms with Gasteiger partial charge in [-0.2, -0.15) is 0 Å². The summed E-state index contributed by atoms with van der Waals surface area (Å²) < 4.78 is 12.7. The molecule has 2 aliphatic heterocycles. The summed E-state index contributed by atoms with van der Waals surface area (Å²) in [6.45, 7) is 10.1. The molecular formula is C43H60N2O5. The standard InChI is InChI=1S/C43H60N2O5/c1-4-6-18-27-45(39(48)22-17-12-10-8-7-9-11-14-19-32-20-15-13-16-21-32)35-24-23-34-36-29-33-37(47)30-38(49-31(3)46)41-40(33)43(34,42(35)50-41)25-28-44(36)26-5-2/h5,13,15-16,20-21,30,34-36,42,47H,2,4,6-12,14,17-19,22-29H2,1,3H3/t34-,35-,36+,42-,43-/m0/s1. The number of hydrogen-bond donors (Lipinski definition) is 1. The zero-order valence-electron chi connectivity index (χ0n) is 30.7. The maximum absolute atomic E-state index is 14.2. The van der Waals surface area contributed by atoms with Crippen molar-refractivity contribution in [3.05, 3.63) is 65.7 Å². The molecule has 2 aromatic carbocycles. The van der Waals surface area contributed by atoms with E-state index in [-0.39, 0.29) is 35.3 Å². The van der Waals surface area contributed by atoms with Crippen molar-refractivity contribution in [3.8, 4) is 17.2 Å². The average molecular weight is 685 g/mol. The first-order chi connectivity index (χ1) is 24.4. The van der Waals surface area contributed by atoms with E-state index in [1.54, 1.807) is 6.07 Å². The van der Waals surface area contributed by atoms with Gasteiger partial charge in [-0.3, -0.25) is 14.5 Å². The molecule has 7 nitrogen and oxygen atoms in total. The minimum atomic E-state index is -0.432. The highest BCUT2D eigenvalue weighted by Crippen LogP contribution is 2.65. The van der Waals surface area contributed by atoms with Crippen LogP contribution >= 0.6 is 0 Å². The number of carbonyl (C=O) groups is 2. The number of esters is 1. The summed E-state index contributed by atoms with van der Waals surface area (Å²) in [4.78, 5) is 31.1. The van der Waals surface area contributed by atoms with Gasteiger partial charge in [-0.15, -0.1) is 6.58 Å². The van der Waals surface area contributed by atoms with Crippen LogP contribution in [0.2, 0.25) is 0 Å². The molecule has 5 atom stereocenters. The van der Waals surface area contributed by atoms with Crippen molar-refractivity contribution < 1.29 is 24.2 Å². The van der Waals surface area contributed by atoms with E-state index >= 15 is 0 Å². The third-order valence-corrected chi connectivity index (χ3v) is 12.3. The molecule has 1 saturated heterocycles. The lowest BCUT2D eigenvalue weighted by atomic mass is 9.50. The van der Waals surface area contributed by atoms with Crippen LogP contribution in [0, 0.1) is 5.92 Å². The highest BCUT2D eigenvalue weighted by molar-refractivity contribution is 5.77. The van der Waals surface area contributed by atoms with Crippen LogP contribution in [0.4, 0.5) is 0 Å². The third-order valence-electron chi connectivity index (χ3n) is 12.3. The van der Waals surface area contributed by atoms with E-state index in [0.29, 0.717) is 23.8 Å². The maximum atomic E-state index is 14.2. The largest absolute Gasteiger partial charge is 0.508 e. The van der Waals surface area contributed by atoms with E-state index < -0.39 is 5.97 Å². The molecule has 7 heteroatoms. The minimum Gasteiger partial charge on any atom is -0.508 e. The summed E-state index contributed by atoms with van der Waals surface area (Å²) in [7, 11) is 0. The van der Waals surface area contributed by atoms with Crippen LogP contribution < -0.4 is 9.47 Å². The zero-order valence-corrected chi connectivity index (χ0v) is 30.7. The Bertz CT molecular complexity index is 1480. The van der Waals surface area contributed by atoms with Crippen LogP contribution in [0.25, 0.3) is 0 Å². The molecule has 2 fully saturated rings. The molecule has 272 valence electrons. The fraction of sp³-hybridized carbons (Fsp3) is 0.628. The van der Waals surface area contributed by atoms with E-state index in [1.807, 2.05) is 6.08 Å². The Labute approximate surface area is 300 Å². The number of piperidine rings is 1. The van der Waals surface area contributed by atoms with Crippen molar-refractivity contribution in [3.63, 3.8) is 0 Å². The van der Waals surface area contributed by atoms with Gasteiger partial charge in [0.25, 0.3) is 0 Å². The lowest BCUT2D eigenvalue weighted by molar-refractivity contribution is -0.142. The number of amides is 1. The number of hydrogen-bond acceptors (Lipinski definition) is 6. The van der Waals surface area contributed by atoms with Gasteiger partial charge in [0.15, 0.2) is 11.5 Å². The molecule has 0 radical (unpaired) electrons. The van der Waals surface area contributed by atoms with E-state index in [4.69, 9.17) is 9.47 Å². The van der Waals surface area contributed by atoms with Gasteiger partial charge in [0.2, 0.25) is 5.91 Å². The fourth-order valence-corrected chi connectivity index (χ4v) is 10.1. The van der Waals surface area contributed by atoms with Gasteiger partial charge in [0.05, 0.1) is 6.04 Å². The number of aromatic hydroxyl groups is 1. The summed E-state index contributed by atoms with van der Waals surface area (Å²) in [5, 5.41) is 11.4. The van der Waals surface area contributed by atoms with Crippen molar-refractivity contribution in [2.75, 3.05) is 19.6 Å². The highest BCUT2D eigenvalue weighted by atomic mass is 16.6. The zero-order chi connectivity index (χ0) is 35.1. The monoisotopic (exact) mass is 684 g/mol. The molecule has 4 aliphatic rings. The second-order valence-corrected chi connectivity index (χ2v) is 15.4. The topological polar surface area (TPSA) is 79.3 Å². The molecule has 6 rings (SSSR count). The Morgan fingerprint density at radius 3 is 2.50 bits per heavy atom. The molecule has 2 bridgehead atoms. The van der Waals surface area contributed by atoms with E-state index in [1.165, 1.54) is 57.4 Å². The number of phenolic OH excluding ortho intramolecular Hbond substituents is 1. The highest BCUT2D eigenvalue weighted by Gasteiger charge is 2.67. The molecule has 1 N–H and O–H groups in total. The van der Waals surface area contributed by atoms with Crippen LogP contribution in [0.15, 0.2) is 49.1 Å². The van der Waals surface area contributed by atoms with Gasteiger partial charge in [-0.25, -0.2) is 0 Å². The summed E-state index contributed by atoms with van der Waals surface area (Å²) in [5.74, 6) is 1.26. The second kappa shape index (κ2) is 16.8. The molecule has 50 heavy (non-hydrogen) atoms. The molecule has 2 aliphatic carbocycles. The summed E-state index contributed by atoms with van der Waals surface area (Å²) in [5.41, 5.74) is 3.08. The van der Waals surface area contributed by atoms with Crippen LogP contribution in [-0.4, -0.2) is 64.6 Å². The number of carbonyl (C=O) groups excluding carboxylic acids is 2. The summed E-state index contributed by atoms with van der Waals surface area (Å²) in [6, 6.07) is 12.6. The minimum absolute atomic E-state index is 0.0521. The molecule has 1 amide bonds. The maximum Gasteiger partial charge on any atom is 0.308 e. The Morgan fingerprint density at radius 1 is 1.04 bits per heavy atom. The van der Waals surface area contributed by atoms with Crippen LogP contribution in [0.3, 0.4) is 0 Å². The number of ether oxygens (including phenoxy) is 2. The van der Waals surface area contributed by atoms with Gasteiger partial charge in [0.1, 0.15) is 11.9 Å². The molecule has 2 aromatic rings. The Balaban J connectivity index is 1.12. The van der Waals surface area contributed by atoms with Crippen molar-refractivity contribution in [1.29, 1.82) is 0 Å². The number of aryl methyl sites for hydroxylation is 1. The van der Waals surface area contributed by atoms with Crippen LogP contribution in [-0.2, 0) is 27.8 Å². The molecule has 0 aromatic heterocycles. The molecule has 1 saturated carbocycles. The van der Waals surface area contributed by atoms with Crippen LogP contribution in [0.1, 0.15) is 127 Å². The number of nitrogens with zero attached hydrogens (tertiary/aromatic N) is 2. The normalized spacial score (nSPS) is 24.7. The number of rotatable bonds is 19. The van der Waals surface area contributed by atoms with Crippen molar-refractivity contribution in [2.24, 2.45) is 5.92 Å². The predicted molar refractivity (Wildman–Crippen MR) is 199 cm³/mol. The van der Waals surface area contributed by atoms with Crippen molar-refractivity contribution >= 4 is 11.9 Å². The molecular weight excluding hydrogens is 624 g/mol. The second-order valence-electron chi connectivity index (χ2n) is 15.4. The van der Waals surface area contributed by atoms with Crippen molar-refractivity contribution in [2.45, 2.75) is 147 Å². The van der Waals surface area contributed by atoms with Gasteiger partial charge < -0.3 is 19.5 Å². The number of benzene rings is 2. The van der Waals surface area contributed by atoms with Gasteiger partial charge in [-0.1, -0.05) is 94.7 Å². The fourth-order valence-electron chi connectivity index (χ4n) is 10.1. The van der Waals surface area contributed by atoms with Gasteiger partial charge in [0, 0.05) is 55.1 Å². The molecule has 2 heterocycles. The van der Waals surface area contributed by atoms with Crippen LogP contribution in [0.5, 0.6) is 17.2 Å². The lowest BCUT2D eigenvalue weighted by Gasteiger charge is -2.60. The van der Waals surface area contributed by atoms with Gasteiger partial charge >= 0.3 is 5.97 Å². The molecule has 0 unspecified atom stereocenters. The number of unbranched alkanes of at least 4 members (excludes halogenated alkanes) is 9. The SMILES string of the molecule is C=CCN1CC[C@]23c4c5c(O)cc(OC(C)=O)c4O[C@H]2[C@@H](N(CCCCC)C(=O)CCCCCCCCCCc2ccccc2)CC[C@H]3[C@H]1C5. The Morgan fingerprint density at radius 2 is 1.78 bits per heavy atom. The van der Waals surface area contributed by atoms with E-state index in [2.05, 4.69) is 53.6 Å². The first kappa shape index (κ1) is 36.5. The lowest BCUT2D eigenvalue weighted by Crippen LogP contribution is -2.69. The number of likely N-dealkylation sites (tertiary alicyclic amines) is 1. The molecule has 1 spiro atoms. The Hall–Kier alpha value is -3.32. The van der Waals surface area contributed by atoms with Gasteiger partial charge in [-0.05, 0) is 69.4 Å². The number of phenols is 1. The quantitative estimate of drug-likeness (QED) is 0.0691. The van der Waals surface area contributed by atoms with E-state index in [9.17, 15) is 14.7 Å². The first-order valence-electron chi connectivity index (χ1n) is 19.8. The van der Waals surface area contributed by atoms with E-state index in [0.717, 1.165) is 88.5 Å². The third kappa shape index (κ3) is 7.49. The Kier molecular flexibility index (Phi) is 12.3. The summed E-state index contributed by atoms with van der Waals surface area (Å²) in [6.07, 6.45) is 19.8. The first-order valence-corrected chi connectivity index (χ1v) is 19.8. The smallest absolute Gasteiger partial charge is 0.308 e.